The molecule has 16 heavy (non-hydrogen) atoms. The quantitative estimate of drug-likeness (QED) is 0.557. The van der Waals surface area contributed by atoms with Gasteiger partial charge in [0, 0.05) is 6.54 Å². The van der Waals surface area contributed by atoms with Crippen LogP contribution in [0.2, 0.25) is 0 Å². The van der Waals surface area contributed by atoms with E-state index >= 15 is 0 Å². The maximum atomic E-state index is 10.4. The Hall–Kier alpha value is -0.340. The lowest BCUT2D eigenvalue weighted by Gasteiger charge is -2.40. The Kier molecular flexibility index (Phi) is 4.57. The van der Waals surface area contributed by atoms with Gasteiger partial charge in [0.25, 0.3) is 0 Å². The summed E-state index contributed by atoms with van der Waals surface area (Å²) in [6.07, 6.45) is 5.12. The minimum atomic E-state index is -0.468. The SMILES string of the molecule is C=C(C)CCNCC1(O)CCC(C)(C)CC1. The molecule has 0 atom stereocenters. The fourth-order valence-corrected chi connectivity index (χ4v) is 2.19. The molecule has 0 aromatic rings. The van der Waals surface area contributed by atoms with Gasteiger partial charge in [0.1, 0.15) is 0 Å². The van der Waals surface area contributed by atoms with Crippen molar-refractivity contribution in [3.63, 3.8) is 0 Å². The maximum Gasteiger partial charge on any atom is 0.0772 e. The van der Waals surface area contributed by atoms with Gasteiger partial charge in [-0.2, -0.15) is 0 Å². The van der Waals surface area contributed by atoms with E-state index in [0.717, 1.165) is 45.2 Å². The fraction of sp³-hybridized carbons (Fsp3) is 0.857. The molecule has 94 valence electrons. The third kappa shape index (κ3) is 4.67. The van der Waals surface area contributed by atoms with Gasteiger partial charge in [0.2, 0.25) is 0 Å². The second kappa shape index (κ2) is 5.33. The summed E-state index contributed by atoms with van der Waals surface area (Å²) in [7, 11) is 0. The molecule has 0 aliphatic heterocycles. The highest BCUT2D eigenvalue weighted by molar-refractivity contribution is 4.92. The number of rotatable bonds is 5. The molecule has 0 radical (unpaired) electrons. The number of aliphatic hydroxyl groups is 1. The van der Waals surface area contributed by atoms with E-state index < -0.39 is 5.60 Å². The lowest BCUT2D eigenvalue weighted by molar-refractivity contribution is -0.0240. The molecule has 0 spiro atoms. The van der Waals surface area contributed by atoms with Crippen molar-refractivity contribution in [2.45, 2.75) is 58.5 Å². The normalized spacial score (nSPS) is 23.0. The van der Waals surface area contributed by atoms with Gasteiger partial charge < -0.3 is 10.4 Å². The average Bonchev–Trinajstić information content (AvgIpc) is 2.18. The second-order valence-electron chi connectivity index (χ2n) is 6.27. The monoisotopic (exact) mass is 225 g/mol. The number of hydrogen-bond acceptors (Lipinski definition) is 2. The van der Waals surface area contributed by atoms with Crippen molar-refractivity contribution in [1.29, 1.82) is 0 Å². The highest BCUT2D eigenvalue weighted by Crippen LogP contribution is 2.39. The maximum absolute atomic E-state index is 10.4. The molecule has 0 unspecified atom stereocenters. The number of nitrogens with one attached hydrogen (secondary N) is 1. The molecular weight excluding hydrogens is 198 g/mol. The van der Waals surface area contributed by atoms with Gasteiger partial charge in [0.05, 0.1) is 5.60 Å². The summed E-state index contributed by atoms with van der Waals surface area (Å²) in [4.78, 5) is 0. The molecule has 2 nitrogen and oxygen atoms in total. The van der Waals surface area contributed by atoms with Gasteiger partial charge in [-0.05, 0) is 51.0 Å². The van der Waals surface area contributed by atoms with Crippen molar-refractivity contribution in [3.8, 4) is 0 Å². The second-order valence-corrected chi connectivity index (χ2v) is 6.27. The minimum Gasteiger partial charge on any atom is -0.389 e. The zero-order valence-electron chi connectivity index (χ0n) is 11.1. The Morgan fingerprint density at radius 1 is 1.25 bits per heavy atom. The molecule has 1 aliphatic rings. The van der Waals surface area contributed by atoms with Crippen LogP contribution in [0.1, 0.15) is 52.9 Å². The molecule has 1 fully saturated rings. The van der Waals surface area contributed by atoms with E-state index in [1.54, 1.807) is 0 Å². The Balaban J connectivity index is 2.23. The third-order valence-electron chi connectivity index (χ3n) is 3.72. The fourth-order valence-electron chi connectivity index (χ4n) is 2.19. The highest BCUT2D eigenvalue weighted by atomic mass is 16.3. The molecule has 0 heterocycles. The Bertz CT molecular complexity index is 235. The van der Waals surface area contributed by atoms with Crippen molar-refractivity contribution in [2.75, 3.05) is 13.1 Å². The van der Waals surface area contributed by atoms with Crippen LogP contribution in [-0.2, 0) is 0 Å². The molecule has 1 rings (SSSR count). The molecule has 0 bridgehead atoms. The van der Waals surface area contributed by atoms with Crippen LogP contribution in [0.15, 0.2) is 12.2 Å². The zero-order valence-corrected chi connectivity index (χ0v) is 11.1. The topological polar surface area (TPSA) is 32.3 Å². The molecular formula is C14H27NO. The molecule has 0 aromatic heterocycles. The summed E-state index contributed by atoms with van der Waals surface area (Å²) >= 11 is 0. The van der Waals surface area contributed by atoms with E-state index in [1.807, 2.05) is 6.92 Å². The van der Waals surface area contributed by atoms with Gasteiger partial charge in [0.15, 0.2) is 0 Å². The molecule has 2 heteroatoms. The van der Waals surface area contributed by atoms with Gasteiger partial charge in [-0.1, -0.05) is 19.4 Å². The Morgan fingerprint density at radius 2 is 1.81 bits per heavy atom. The van der Waals surface area contributed by atoms with Crippen molar-refractivity contribution >= 4 is 0 Å². The highest BCUT2D eigenvalue weighted by Gasteiger charge is 2.36. The van der Waals surface area contributed by atoms with E-state index in [-0.39, 0.29) is 0 Å². The Morgan fingerprint density at radius 3 is 2.31 bits per heavy atom. The summed E-state index contributed by atoms with van der Waals surface area (Å²) < 4.78 is 0. The van der Waals surface area contributed by atoms with E-state index in [2.05, 4.69) is 25.7 Å². The van der Waals surface area contributed by atoms with Gasteiger partial charge in [-0.3, -0.25) is 0 Å². The van der Waals surface area contributed by atoms with Gasteiger partial charge >= 0.3 is 0 Å². The van der Waals surface area contributed by atoms with Crippen LogP contribution in [0.5, 0.6) is 0 Å². The van der Waals surface area contributed by atoms with E-state index in [4.69, 9.17) is 0 Å². The summed E-state index contributed by atoms with van der Waals surface area (Å²) in [5.41, 5.74) is 1.15. The van der Waals surface area contributed by atoms with Crippen molar-refractivity contribution < 1.29 is 5.11 Å². The molecule has 0 aromatic carbocycles. The molecule has 1 aliphatic carbocycles. The number of hydrogen-bond donors (Lipinski definition) is 2. The van der Waals surface area contributed by atoms with Crippen LogP contribution in [-0.4, -0.2) is 23.8 Å². The predicted molar refractivity (Wildman–Crippen MR) is 69.5 cm³/mol. The first-order valence-corrected chi connectivity index (χ1v) is 6.41. The lowest BCUT2D eigenvalue weighted by Crippen LogP contribution is -2.45. The average molecular weight is 225 g/mol. The van der Waals surface area contributed by atoms with E-state index in [0.29, 0.717) is 5.41 Å². The van der Waals surface area contributed by atoms with Gasteiger partial charge in [-0.15, -0.1) is 6.58 Å². The lowest BCUT2D eigenvalue weighted by atomic mass is 9.71. The molecule has 0 saturated heterocycles. The molecule has 2 N–H and O–H groups in total. The van der Waals surface area contributed by atoms with Crippen molar-refractivity contribution in [3.05, 3.63) is 12.2 Å². The largest absolute Gasteiger partial charge is 0.389 e. The first-order chi connectivity index (χ1) is 7.33. The van der Waals surface area contributed by atoms with Crippen molar-refractivity contribution in [2.24, 2.45) is 5.41 Å². The van der Waals surface area contributed by atoms with Crippen molar-refractivity contribution in [1.82, 2.24) is 5.32 Å². The summed E-state index contributed by atoms with van der Waals surface area (Å²) in [6, 6.07) is 0. The van der Waals surface area contributed by atoms with Crippen LogP contribution >= 0.6 is 0 Å². The molecule has 1 saturated carbocycles. The summed E-state index contributed by atoms with van der Waals surface area (Å²) in [5, 5.41) is 13.7. The standard InChI is InChI=1S/C14H27NO/c1-12(2)5-10-15-11-14(16)8-6-13(3,4)7-9-14/h15-16H,1,5-11H2,2-4H3. The van der Waals surface area contributed by atoms with Crippen LogP contribution < -0.4 is 5.32 Å². The molecule has 0 amide bonds. The minimum absolute atomic E-state index is 0.421. The van der Waals surface area contributed by atoms with Crippen LogP contribution in [0.25, 0.3) is 0 Å². The Labute approximate surface area is 100 Å². The van der Waals surface area contributed by atoms with E-state index in [1.165, 1.54) is 5.57 Å². The zero-order chi connectivity index (χ0) is 12.2. The smallest absolute Gasteiger partial charge is 0.0772 e. The summed E-state index contributed by atoms with van der Waals surface area (Å²) in [6.45, 7) is 12.2. The van der Waals surface area contributed by atoms with Crippen LogP contribution in [0, 0.1) is 5.41 Å². The van der Waals surface area contributed by atoms with Crippen LogP contribution in [0.4, 0.5) is 0 Å². The van der Waals surface area contributed by atoms with Gasteiger partial charge in [-0.25, -0.2) is 0 Å². The third-order valence-corrected chi connectivity index (χ3v) is 3.72. The first-order valence-electron chi connectivity index (χ1n) is 6.41. The summed E-state index contributed by atoms with van der Waals surface area (Å²) in [5.74, 6) is 0. The van der Waals surface area contributed by atoms with Crippen LogP contribution in [0.3, 0.4) is 0 Å². The predicted octanol–water partition coefficient (Wildman–Crippen LogP) is 2.87. The van der Waals surface area contributed by atoms with E-state index in [9.17, 15) is 5.11 Å². The first kappa shape index (κ1) is 13.7.